The molecule has 25 heavy (non-hydrogen) atoms. The number of thiazole rings is 1. The molecule has 0 aliphatic heterocycles. The number of carbonyl (C=O) groups is 1. The highest BCUT2D eigenvalue weighted by Crippen LogP contribution is 2.18. The molecule has 0 aliphatic rings. The molecule has 7 nitrogen and oxygen atoms in total. The molecule has 9 heteroatoms. The first-order chi connectivity index (χ1) is 11.8. The van der Waals surface area contributed by atoms with Crippen LogP contribution in [-0.4, -0.2) is 51.0 Å². The summed E-state index contributed by atoms with van der Waals surface area (Å²) < 4.78 is 35.6. The second-order valence-electron chi connectivity index (χ2n) is 5.36. The van der Waals surface area contributed by atoms with E-state index < -0.39 is 10.0 Å². The van der Waals surface area contributed by atoms with Gasteiger partial charge in [-0.3, -0.25) is 4.79 Å². The number of sulfonamides is 1. The summed E-state index contributed by atoms with van der Waals surface area (Å²) in [5.41, 5.74) is 0.700. The Balaban J connectivity index is 1.75. The Morgan fingerprint density at radius 1 is 1.20 bits per heavy atom. The number of aromatic nitrogens is 1. The van der Waals surface area contributed by atoms with Crippen LogP contribution in [0.15, 0.2) is 34.5 Å². The third-order valence-electron chi connectivity index (χ3n) is 3.21. The minimum absolute atomic E-state index is 0.111. The molecule has 0 fully saturated rings. The first-order valence-corrected chi connectivity index (χ1v) is 9.83. The number of benzene rings is 1. The molecular formula is C16H20N2O5S2. The largest absolute Gasteiger partial charge is 0.490 e. The van der Waals surface area contributed by atoms with Crippen molar-refractivity contribution in [3.63, 3.8) is 0 Å². The maximum Gasteiger partial charge on any atom is 0.312 e. The Bertz CT molecular complexity index is 813. The van der Waals surface area contributed by atoms with Gasteiger partial charge in [-0.05, 0) is 31.2 Å². The third-order valence-corrected chi connectivity index (χ3v) is 5.86. The van der Waals surface area contributed by atoms with Gasteiger partial charge in [-0.15, -0.1) is 11.3 Å². The van der Waals surface area contributed by atoms with E-state index in [0.717, 1.165) is 9.31 Å². The summed E-state index contributed by atoms with van der Waals surface area (Å²) in [5.74, 6) is 0.144. The second kappa shape index (κ2) is 8.41. The number of hydrogen-bond acceptors (Lipinski definition) is 7. The van der Waals surface area contributed by atoms with Gasteiger partial charge < -0.3 is 9.47 Å². The van der Waals surface area contributed by atoms with Gasteiger partial charge in [0.2, 0.25) is 10.0 Å². The standard InChI is InChI=1S/C16H20N2O5S2/c1-12-17-13(11-24-12)10-16(19)23-9-8-22-14-4-6-15(7-5-14)25(20,21)18(2)3/h4-7,11H,8-10H2,1-3H3. The molecule has 2 rings (SSSR count). The van der Waals surface area contributed by atoms with Gasteiger partial charge in [-0.2, -0.15) is 0 Å². The molecule has 1 heterocycles. The molecule has 0 amide bonds. The highest BCUT2D eigenvalue weighted by molar-refractivity contribution is 7.89. The van der Waals surface area contributed by atoms with Crippen molar-refractivity contribution in [3.8, 4) is 5.75 Å². The van der Waals surface area contributed by atoms with Gasteiger partial charge in [0.05, 0.1) is 22.0 Å². The number of aryl methyl sites for hydroxylation is 1. The SMILES string of the molecule is Cc1nc(CC(=O)OCCOc2ccc(S(=O)(=O)N(C)C)cc2)cs1. The van der Waals surface area contributed by atoms with E-state index in [0.29, 0.717) is 11.4 Å². The van der Waals surface area contributed by atoms with Crippen LogP contribution in [0.3, 0.4) is 0 Å². The van der Waals surface area contributed by atoms with Crippen LogP contribution in [0.1, 0.15) is 10.7 Å². The Labute approximate surface area is 151 Å². The van der Waals surface area contributed by atoms with Crippen LogP contribution in [0.4, 0.5) is 0 Å². The van der Waals surface area contributed by atoms with E-state index in [9.17, 15) is 13.2 Å². The fourth-order valence-electron chi connectivity index (χ4n) is 1.92. The van der Waals surface area contributed by atoms with Gasteiger partial charge in [0.15, 0.2) is 0 Å². The van der Waals surface area contributed by atoms with E-state index in [1.54, 1.807) is 12.1 Å². The van der Waals surface area contributed by atoms with Crippen LogP contribution in [-0.2, 0) is 26.0 Å². The third kappa shape index (κ3) is 5.52. The highest BCUT2D eigenvalue weighted by atomic mass is 32.2. The molecule has 0 saturated heterocycles. The van der Waals surface area contributed by atoms with Crippen LogP contribution in [0.2, 0.25) is 0 Å². The molecule has 1 aromatic heterocycles. The normalized spacial score (nSPS) is 11.5. The van der Waals surface area contributed by atoms with Crippen molar-refractivity contribution < 1.29 is 22.7 Å². The molecule has 0 saturated carbocycles. The molecule has 2 aromatic rings. The molecule has 0 unspecified atom stereocenters. The van der Waals surface area contributed by atoms with Crippen LogP contribution in [0.5, 0.6) is 5.75 Å². The number of nitrogens with zero attached hydrogens (tertiary/aromatic N) is 2. The quantitative estimate of drug-likeness (QED) is 0.510. The predicted octanol–water partition coefficient (Wildman–Crippen LogP) is 1.87. The molecule has 1 aromatic carbocycles. The molecule has 0 N–H and O–H groups in total. The van der Waals surface area contributed by atoms with Gasteiger partial charge in [0.1, 0.15) is 19.0 Å². The number of ether oxygens (including phenoxy) is 2. The number of esters is 1. The summed E-state index contributed by atoms with van der Waals surface area (Å²) in [7, 11) is -0.508. The van der Waals surface area contributed by atoms with E-state index in [-0.39, 0.29) is 30.5 Å². The van der Waals surface area contributed by atoms with Crippen molar-refractivity contribution in [2.45, 2.75) is 18.2 Å². The summed E-state index contributed by atoms with van der Waals surface area (Å²) in [6, 6.07) is 6.08. The minimum atomic E-state index is -3.45. The van der Waals surface area contributed by atoms with Crippen molar-refractivity contribution in [2.24, 2.45) is 0 Å². The first kappa shape index (κ1) is 19.4. The lowest BCUT2D eigenvalue weighted by atomic mass is 10.3. The predicted molar refractivity (Wildman–Crippen MR) is 94.3 cm³/mol. The maximum atomic E-state index is 12.0. The molecule has 0 bridgehead atoms. The summed E-state index contributed by atoms with van der Waals surface area (Å²) in [4.78, 5) is 16.1. The van der Waals surface area contributed by atoms with Gasteiger partial charge in [0, 0.05) is 19.5 Å². The van der Waals surface area contributed by atoms with Crippen LogP contribution < -0.4 is 4.74 Å². The Hall–Kier alpha value is -1.97. The van der Waals surface area contributed by atoms with E-state index in [4.69, 9.17) is 9.47 Å². The number of rotatable bonds is 8. The molecule has 136 valence electrons. The van der Waals surface area contributed by atoms with Crippen molar-refractivity contribution >= 4 is 27.3 Å². The molecule has 0 aliphatic carbocycles. The number of hydrogen-bond donors (Lipinski definition) is 0. The Morgan fingerprint density at radius 2 is 1.88 bits per heavy atom. The van der Waals surface area contributed by atoms with Gasteiger partial charge >= 0.3 is 5.97 Å². The molecule has 0 atom stereocenters. The lowest BCUT2D eigenvalue weighted by Gasteiger charge is -2.12. The topological polar surface area (TPSA) is 85.8 Å². The van der Waals surface area contributed by atoms with Crippen LogP contribution in [0.25, 0.3) is 0 Å². The lowest BCUT2D eigenvalue weighted by Crippen LogP contribution is -2.22. The first-order valence-electron chi connectivity index (χ1n) is 7.51. The van der Waals surface area contributed by atoms with Crippen molar-refractivity contribution in [1.82, 2.24) is 9.29 Å². The maximum absolute atomic E-state index is 12.0. The van der Waals surface area contributed by atoms with Crippen molar-refractivity contribution in [1.29, 1.82) is 0 Å². The molecule has 0 spiro atoms. The van der Waals surface area contributed by atoms with E-state index in [1.165, 1.54) is 37.6 Å². The fraction of sp³-hybridized carbons (Fsp3) is 0.375. The minimum Gasteiger partial charge on any atom is -0.490 e. The van der Waals surface area contributed by atoms with Crippen LogP contribution in [0, 0.1) is 6.92 Å². The van der Waals surface area contributed by atoms with Crippen molar-refractivity contribution in [3.05, 3.63) is 40.3 Å². The smallest absolute Gasteiger partial charge is 0.312 e. The van der Waals surface area contributed by atoms with E-state index in [2.05, 4.69) is 4.98 Å². The van der Waals surface area contributed by atoms with E-state index >= 15 is 0 Å². The summed E-state index contributed by atoms with van der Waals surface area (Å²) >= 11 is 1.49. The van der Waals surface area contributed by atoms with Gasteiger partial charge in [-0.1, -0.05) is 0 Å². The van der Waals surface area contributed by atoms with Crippen molar-refractivity contribution in [2.75, 3.05) is 27.3 Å². The zero-order valence-corrected chi connectivity index (χ0v) is 15.9. The van der Waals surface area contributed by atoms with E-state index in [1.807, 2.05) is 12.3 Å². The average Bonchev–Trinajstić information content (AvgIpc) is 2.96. The summed E-state index contributed by atoms with van der Waals surface area (Å²) in [6.07, 6.45) is 0.140. The molecule has 0 radical (unpaired) electrons. The summed E-state index contributed by atoms with van der Waals surface area (Å²) in [6.45, 7) is 2.17. The Kier molecular flexibility index (Phi) is 6.51. The highest BCUT2D eigenvalue weighted by Gasteiger charge is 2.16. The molecular weight excluding hydrogens is 364 g/mol. The average molecular weight is 384 g/mol. The Morgan fingerprint density at radius 3 is 2.44 bits per heavy atom. The monoisotopic (exact) mass is 384 g/mol. The second-order valence-corrected chi connectivity index (χ2v) is 8.58. The van der Waals surface area contributed by atoms with Gasteiger partial charge in [0.25, 0.3) is 0 Å². The summed E-state index contributed by atoms with van der Waals surface area (Å²) in [5, 5.41) is 2.74. The zero-order valence-electron chi connectivity index (χ0n) is 14.3. The number of carbonyl (C=O) groups excluding carboxylic acids is 1. The van der Waals surface area contributed by atoms with Crippen LogP contribution >= 0.6 is 11.3 Å². The van der Waals surface area contributed by atoms with Gasteiger partial charge in [-0.25, -0.2) is 17.7 Å². The zero-order chi connectivity index (χ0) is 18.4. The lowest BCUT2D eigenvalue weighted by molar-refractivity contribution is -0.143. The fourth-order valence-corrected chi connectivity index (χ4v) is 3.44.